The minimum atomic E-state index is 0. The Morgan fingerprint density at radius 2 is 1.26 bits per heavy atom. The number of pyridine rings is 1. The normalized spacial score (nSPS) is 15.3. The van der Waals surface area contributed by atoms with Gasteiger partial charge in [0.05, 0.1) is 6.04 Å². The lowest BCUT2D eigenvalue weighted by molar-refractivity contribution is 0.198. The molecule has 0 aliphatic carbocycles. The molecule has 5 heteroatoms. The van der Waals surface area contributed by atoms with Gasteiger partial charge in [-0.15, -0.1) is 24.8 Å². The highest BCUT2D eigenvalue weighted by molar-refractivity contribution is 5.85. The van der Waals surface area contributed by atoms with Crippen molar-refractivity contribution in [2.24, 2.45) is 0 Å². The Balaban J connectivity index is 0.00000131. The molecule has 2 aromatic carbocycles. The predicted octanol–water partition coefficient (Wildman–Crippen LogP) is 4.59. The average Bonchev–Trinajstić information content (AvgIpc) is 2.71. The molecular weight excluding hydrogens is 377 g/mol. The van der Waals surface area contributed by atoms with Gasteiger partial charge in [-0.1, -0.05) is 54.6 Å². The second-order valence-corrected chi connectivity index (χ2v) is 6.46. The number of piperazine rings is 1. The smallest absolute Gasteiger partial charge is 0.0602 e. The van der Waals surface area contributed by atoms with E-state index >= 15 is 0 Å². The average molecular weight is 402 g/mol. The Bertz CT molecular complexity index is 789. The lowest BCUT2D eigenvalue weighted by Gasteiger charge is -2.35. The Kier molecular flexibility index (Phi) is 8.26. The summed E-state index contributed by atoms with van der Waals surface area (Å²) in [5.41, 5.74) is 5.16. The molecule has 0 radical (unpaired) electrons. The monoisotopic (exact) mass is 401 g/mol. The third-order valence-electron chi connectivity index (χ3n) is 4.87. The Labute approximate surface area is 173 Å². The van der Waals surface area contributed by atoms with Gasteiger partial charge in [-0.25, -0.2) is 0 Å². The maximum absolute atomic E-state index is 4.10. The predicted molar refractivity (Wildman–Crippen MR) is 117 cm³/mol. The highest BCUT2D eigenvalue weighted by Crippen LogP contribution is 2.30. The quantitative estimate of drug-likeness (QED) is 0.692. The Hall–Kier alpha value is -1.91. The highest BCUT2D eigenvalue weighted by atomic mass is 35.5. The number of aromatic nitrogens is 1. The zero-order chi connectivity index (χ0) is 16.9. The molecule has 1 atom stereocenters. The van der Waals surface area contributed by atoms with Crippen LogP contribution in [0.15, 0.2) is 79.1 Å². The fourth-order valence-corrected chi connectivity index (χ4v) is 3.59. The molecule has 1 saturated heterocycles. The summed E-state index contributed by atoms with van der Waals surface area (Å²) in [7, 11) is 0. The summed E-state index contributed by atoms with van der Waals surface area (Å²) in [6, 6.07) is 24.3. The SMILES string of the molecule is Cl.Cl.c1ccc(C(c2ccc(-c3ccncc3)cc2)N2CCNCC2)cc1. The number of nitrogens with zero attached hydrogens (tertiary/aromatic N) is 2. The van der Waals surface area contributed by atoms with Crippen LogP contribution in [0.4, 0.5) is 0 Å². The van der Waals surface area contributed by atoms with Gasteiger partial charge in [-0.2, -0.15) is 0 Å². The fourth-order valence-electron chi connectivity index (χ4n) is 3.59. The molecule has 3 aromatic rings. The van der Waals surface area contributed by atoms with Crippen LogP contribution in [0.5, 0.6) is 0 Å². The van der Waals surface area contributed by atoms with Crippen molar-refractivity contribution in [3.05, 3.63) is 90.3 Å². The molecule has 0 amide bonds. The van der Waals surface area contributed by atoms with Crippen molar-refractivity contribution in [2.75, 3.05) is 26.2 Å². The van der Waals surface area contributed by atoms with Crippen molar-refractivity contribution in [1.29, 1.82) is 0 Å². The van der Waals surface area contributed by atoms with Crippen molar-refractivity contribution < 1.29 is 0 Å². The van der Waals surface area contributed by atoms with Gasteiger partial charge in [-0.3, -0.25) is 9.88 Å². The van der Waals surface area contributed by atoms with Gasteiger partial charge < -0.3 is 5.32 Å². The Morgan fingerprint density at radius 1 is 0.704 bits per heavy atom. The molecule has 1 unspecified atom stereocenters. The molecule has 3 nitrogen and oxygen atoms in total. The molecule has 2 heterocycles. The van der Waals surface area contributed by atoms with Gasteiger partial charge in [-0.05, 0) is 34.4 Å². The second kappa shape index (κ2) is 10.4. The van der Waals surface area contributed by atoms with E-state index in [4.69, 9.17) is 0 Å². The van der Waals surface area contributed by atoms with Crippen LogP contribution in [0.3, 0.4) is 0 Å². The van der Waals surface area contributed by atoms with Gasteiger partial charge in [0.25, 0.3) is 0 Å². The largest absolute Gasteiger partial charge is 0.314 e. The van der Waals surface area contributed by atoms with E-state index in [0.29, 0.717) is 6.04 Å². The van der Waals surface area contributed by atoms with Crippen LogP contribution in [0.2, 0.25) is 0 Å². The summed E-state index contributed by atoms with van der Waals surface area (Å²) in [6.45, 7) is 4.26. The maximum Gasteiger partial charge on any atom is 0.0602 e. The summed E-state index contributed by atoms with van der Waals surface area (Å²) in [4.78, 5) is 6.68. The number of hydrogen-bond acceptors (Lipinski definition) is 3. The summed E-state index contributed by atoms with van der Waals surface area (Å²) in [5.74, 6) is 0. The molecule has 4 rings (SSSR count). The van der Waals surface area contributed by atoms with E-state index in [1.165, 1.54) is 22.3 Å². The van der Waals surface area contributed by atoms with E-state index in [-0.39, 0.29) is 24.8 Å². The summed E-state index contributed by atoms with van der Waals surface area (Å²) in [6.07, 6.45) is 3.69. The van der Waals surface area contributed by atoms with Crippen LogP contribution in [-0.4, -0.2) is 36.1 Å². The maximum atomic E-state index is 4.10. The summed E-state index contributed by atoms with van der Waals surface area (Å²) < 4.78 is 0. The van der Waals surface area contributed by atoms with E-state index in [1.807, 2.05) is 12.4 Å². The number of halogens is 2. The van der Waals surface area contributed by atoms with Crippen LogP contribution >= 0.6 is 24.8 Å². The lowest BCUT2D eigenvalue weighted by atomic mass is 9.94. The first kappa shape index (κ1) is 21.4. The van der Waals surface area contributed by atoms with Crippen molar-refractivity contribution in [3.63, 3.8) is 0 Å². The fraction of sp³-hybridized carbons (Fsp3) is 0.227. The third-order valence-corrected chi connectivity index (χ3v) is 4.87. The Morgan fingerprint density at radius 3 is 1.89 bits per heavy atom. The molecule has 142 valence electrons. The number of benzene rings is 2. The van der Waals surface area contributed by atoms with E-state index in [0.717, 1.165) is 26.2 Å². The molecule has 1 N–H and O–H groups in total. The number of rotatable bonds is 4. The summed E-state index contributed by atoms with van der Waals surface area (Å²) >= 11 is 0. The van der Waals surface area contributed by atoms with Crippen molar-refractivity contribution in [1.82, 2.24) is 15.2 Å². The minimum absolute atomic E-state index is 0. The van der Waals surface area contributed by atoms with E-state index < -0.39 is 0 Å². The van der Waals surface area contributed by atoms with Crippen molar-refractivity contribution in [2.45, 2.75) is 6.04 Å². The van der Waals surface area contributed by atoms with Gasteiger partial charge in [0.2, 0.25) is 0 Å². The van der Waals surface area contributed by atoms with Gasteiger partial charge in [0, 0.05) is 38.6 Å². The van der Waals surface area contributed by atoms with Crippen LogP contribution in [0.25, 0.3) is 11.1 Å². The molecule has 0 spiro atoms. The van der Waals surface area contributed by atoms with Crippen molar-refractivity contribution >= 4 is 24.8 Å². The topological polar surface area (TPSA) is 28.2 Å². The number of nitrogens with one attached hydrogen (secondary N) is 1. The third kappa shape index (κ3) is 5.08. The van der Waals surface area contributed by atoms with Crippen LogP contribution in [0.1, 0.15) is 17.2 Å². The molecule has 1 aliphatic heterocycles. The zero-order valence-corrected chi connectivity index (χ0v) is 16.8. The van der Waals surface area contributed by atoms with Gasteiger partial charge >= 0.3 is 0 Å². The lowest BCUT2D eigenvalue weighted by Crippen LogP contribution is -2.45. The molecular formula is C22H25Cl2N3. The zero-order valence-electron chi connectivity index (χ0n) is 15.1. The second-order valence-electron chi connectivity index (χ2n) is 6.46. The standard InChI is InChI=1S/C22H23N3.2ClH/c1-2-4-20(5-3-1)22(25-16-14-24-15-17-25)21-8-6-18(7-9-21)19-10-12-23-13-11-19;;/h1-13,22,24H,14-17H2;2*1H. The highest BCUT2D eigenvalue weighted by Gasteiger charge is 2.23. The van der Waals surface area contributed by atoms with Crippen molar-refractivity contribution in [3.8, 4) is 11.1 Å². The van der Waals surface area contributed by atoms with E-state index in [2.05, 4.69) is 81.9 Å². The summed E-state index contributed by atoms with van der Waals surface area (Å²) in [5, 5.41) is 3.46. The first-order valence-electron chi connectivity index (χ1n) is 8.92. The van der Waals surface area contributed by atoms with Gasteiger partial charge in [0.1, 0.15) is 0 Å². The van der Waals surface area contributed by atoms with E-state index in [9.17, 15) is 0 Å². The van der Waals surface area contributed by atoms with E-state index in [1.54, 1.807) is 0 Å². The van der Waals surface area contributed by atoms with Crippen LogP contribution in [-0.2, 0) is 0 Å². The first-order valence-corrected chi connectivity index (χ1v) is 8.92. The first-order chi connectivity index (χ1) is 12.4. The van der Waals surface area contributed by atoms with Crippen LogP contribution in [0, 0.1) is 0 Å². The number of hydrogen-bond donors (Lipinski definition) is 1. The molecule has 1 fully saturated rings. The molecule has 27 heavy (non-hydrogen) atoms. The molecule has 0 saturated carbocycles. The molecule has 1 aliphatic rings. The van der Waals surface area contributed by atoms with Gasteiger partial charge in [0.15, 0.2) is 0 Å². The molecule has 0 bridgehead atoms. The minimum Gasteiger partial charge on any atom is -0.314 e. The van der Waals surface area contributed by atoms with Crippen LogP contribution < -0.4 is 5.32 Å². The molecule has 1 aromatic heterocycles.